The molecule has 0 fully saturated rings. The second kappa shape index (κ2) is 2.71. The zero-order chi connectivity index (χ0) is 5.98. The van der Waals surface area contributed by atoms with E-state index < -0.39 is 0 Å². The SMILES string of the molecule is CC1=C(C)[Te]CC=C1. The summed E-state index contributed by atoms with van der Waals surface area (Å²) >= 11 is 0.248. The van der Waals surface area contributed by atoms with Crippen molar-refractivity contribution in [2.75, 3.05) is 0 Å². The molecular formula is C7H10Te. The van der Waals surface area contributed by atoms with E-state index in [9.17, 15) is 0 Å². The van der Waals surface area contributed by atoms with Gasteiger partial charge < -0.3 is 0 Å². The molecule has 0 atom stereocenters. The molecule has 1 heteroatoms. The van der Waals surface area contributed by atoms with Crippen molar-refractivity contribution in [2.24, 2.45) is 0 Å². The molecular weight excluding hydrogens is 212 g/mol. The molecule has 8 heavy (non-hydrogen) atoms. The fourth-order valence-corrected chi connectivity index (χ4v) is 2.74. The summed E-state index contributed by atoms with van der Waals surface area (Å²) in [5.74, 6) is 0. The van der Waals surface area contributed by atoms with E-state index in [0.717, 1.165) is 0 Å². The molecule has 0 unspecified atom stereocenters. The van der Waals surface area contributed by atoms with E-state index in [2.05, 4.69) is 26.0 Å². The summed E-state index contributed by atoms with van der Waals surface area (Å²) in [7, 11) is 0. The van der Waals surface area contributed by atoms with Gasteiger partial charge in [-0.25, -0.2) is 0 Å². The van der Waals surface area contributed by atoms with E-state index in [1.807, 2.05) is 0 Å². The molecule has 1 aliphatic rings. The van der Waals surface area contributed by atoms with Crippen LogP contribution < -0.4 is 0 Å². The molecule has 1 heterocycles. The van der Waals surface area contributed by atoms with Gasteiger partial charge in [-0.05, 0) is 0 Å². The first-order chi connectivity index (χ1) is 3.80. The summed E-state index contributed by atoms with van der Waals surface area (Å²) < 4.78 is 3.05. The average molecular weight is 222 g/mol. The Morgan fingerprint density at radius 2 is 2.25 bits per heavy atom. The van der Waals surface area contributed by atoms with Crippen LogP contribution in [0, 0.1) is 0 Å². The first kappa shape index (κ1) is 6.39. The summed E-state index contributed by atoms with van der Waals surface area (Å²) in [5, 5.41) is 0. The fourth-order valence-electron chi connectivity index (χ4n) is 0.629. The minimum atomic E-state index is 0.248. The molecule has 0 radical (unpaired) electrons. The van der Waals surface area contributed by atoms with Gasteiger partial charge in [0, 0.05) is 0 Å². The predicted molar refractivity (Wildman–Crippen MR) is 38.1 cm³/mol. The molecule has 0 aliphatic carbocycles. The summed E-state index contributed by atoms with van der Waals surface area (Å²) in [5.41, 5.74) is 1.51. The molecule has 0 saturated carbocycles. The third kappa shape index (κ3) is 1.37. The van der Waals surface area contributed by atoms with E-state index in [1.54, 1.807) is 3.62 Å². The number of rotatable bonds is 0. The Morgan fingerprint density at radius 3 is 2.62 bits per heavy atom. The molecule has 0 nitrogen and oxygen atoms in total. The van der Waals surface area contributed by atoms with Gasteiger partial charge in [0.25, 0.3) is 0 Å². The van der Waals surface area contributed by atoms with Crippen molar-refractivity contribution in [2.45, 2.75) is 18.3 Å². The maximum absolute atomic E-state index is 2.30. The van der Waals surface area contributed by atoms with Gasteiger partial charge in [0.15, 0.2) is 0 Å². The van der Waals surface area contributed by atoms with Crippen LogP contribution in [0.3, 0.4) is 0 Å². The Labute approximate surface area is 60.7 Å². The van der Waals surface area contributed by atoms with E-state index in [4.69, 9.17) is 0 Å². The van der Waals surface area contributed by atoms with Crippen LogP contribution in [0.4, 0.5) is 0 Å². The number of hydrogen-bond acceptors (Lipinski definition) is 0. The van der Waals surface area contributed by atoms with E-state index >= 15 is 0 Å². The summed E-state index contributed by atoms with van der Waals surface area (Å²) in [6.07, 6.45) is 4.54. The first-order valence-electron chi connectivity index (χ1n) is 2.77. The van der Waals surface area contributed by atoms with Gasteiger partial charge in [0.1, 0.15) is 0 Å². The van der Waals surface area contributed by atoms with Gasteiger partial charge in [-0.15, -0.1) is 0 Å². The maximum atomic E-state index is 2.30. The zero-order valence-corrected chi connectivity index (χ0v) is 7.60. The van der Waals surface area contributed by atoms with Crippen molar-refractivity contribution < 1.29 is 0 Å². The normalized spacial score (nSPS) is 19.8. The zero-order valence-electron chi connectivity index (χ0n) is 5.27. The molecule has 0 saturated heterocycles. The van der Waals surface area contributed by atoms with Gasteiger partial charge in [0.05, 0.1) is 0 Å². The Hall–Kier alpha value is 0.270. The van der Waals surface area contributed by atoms with Crippen LogP contribution in [0.15, 0.2) is 21.3 Å². The Morgan fingerprint density at radius 1 is 1.50 bits per heavy atom. The van der Waals surface area contributed by atoms with Crippen LogP contribution in [-0.2, 0) is 0 Å². The Bertz CT molecular complexity index is 142. The third-order valence-electron chi connectivity index (χ3n) is 1.32. The standard InChI is InChI=1S/C7H10Te/c1-6-4-3-5-8-7(6)2/h3-4H,5H2,1-2H3. The van der Waals surface area contributed by atoms with Gasteiger partial charge in [0.2, 0.25) is 0 Å². The van der Waals surface area contributed by atoms with Gasteiger partial charge >= 0.3 is 60.6 Å². The average Bonchev–Trinajstić information content (AvgIpc) is 1.77. The van der Waals surface area contributed by atoms with E-state index in [-0.39, 0.29) is 20.9 Å². The minimum absolute atomic E-state index is 0.248. The molecule has 0 N–H and O–H groups in total. The Balaban J connectivity index is 2.76. The molecule has 1 rings (SSSR count). The third-order valence-corrected chi connectivity index (χ3v) is 4.50. The van der Waals surface area contributed by atoms with Crippen LogP contribution in [0.25, 0.3) is 0 Å². The van der Waals surface area contributed by atoms with Gasteiger partial charge in [-0.2, -0.15) is 0 Å². The van der Waals surface area contributed by atoms with Gasteiger partial charge in [-0.1, -0.05) is 0 Å². The molecule has 0 aromatic rings. The molecule has 44 valence electrons. The summed E-state index contributed by atoms with van der Waals surface area (Å²) in [4.78, 5) is 0. The van der Waals surface area contributed by atoms with Crippen LogP contribution in [-0.4, -0.2) is 20.9 Å². The first-order valence-corrected chi connectivity index (χ1v) is 5.59. The van der Waals surface area contributed by atoms with Crippen molar-refractivity contribution in [3.8, 4) is 0 Å². The Kier molecular flexibility index (Phi) is 2.16. The topological polar surface area (TPSA) is 0 Å². The van der Waals surface area contributed by atoms with Crippen LogP contribution in [0.2, 0.25) is 4.47 Å². The van der Waals surface area contributed by atoms with Crippen molar-refractivity contribution in [3.05, 3.63) is 21.3 Å². The second-order valence-electron chi connectivity index (χ2n) is 1.95. The molecule has 0 spiro atoms. The van der Waals surface area contributed by atoms with Crippen molar-refractivity contribution >= 4 is 20.9 Å². The second-order valence-corrected chi connectivity index (χ2v) is 5.48. The molecule has 0 amide bonds. The summed E-state index contributed by atoms with van der Waals surface area (Å²) in [6, 6.07) is 0. The van der Waals surface area contributed by atoms with Crippen molar-refractivity contribution in [3.63, 3.8) is 0 Å². The quantitative estimate of drug-likeness (QED) is 0.549. The number of hydrogen-bond donors (Lipinski definition) is 0. The fraction of sp³-hybridized carbons (Fsp3) is 0.429. The molecule has 0 aromatic heterocycles. The van der Waals surface area contributed by atoms with E-state index in [0.29, 0.717) is 0 Å². The number of allylic oxidation sites excluding steroid dienone is 4. The van der Waals surface area contributed by atoms with E-state index in [1.165, 1.54) is 10.0 Å². The van der Waals surface area contributed by atoms with Crippen molar-refractivity contribution in [1.29, 1.82) is 0 Å². The summed E-state index contributed by atoms with van der Waals surface area (Å²) in [6.45, 7) is 4.47. The van der Waals surface area contributed by atoms with Crippen LogP contribution >= 0.6 is 0 Å². The molecule has 1 aliphatic heterocycles. The predicted octanol–water partition coefficient (Wildman–Crippen LogP) is 1.97. The van der Waals surface area contributed by atoms with Gasteiger partial charge in [-0.3, -0.25) is 0 Å². The molecule has 0 aromatic carbocycles. The van der Waals surface area contributed by atoms with Crippen LogP contribution in [0.5, 0.6) is 0 Å². The monoisotopic (exact) mass is 224 g/mol. The van der Waals surface area contributed by atoms with Crippen LogP contribution in [0.1, 0.15) is 13.8 Å². The molecule has 0 bridgehead atoms. The van der Waals surface area contributed by atoms with Crippen molar-refractivity contribution in [1.82, 2.24) is 0 Å².